The van der Waals surface area contributed by atoms with E-state index in [0.29, 0.717) is 18.5 Å². The van der Waals surface area contributed by atoms with Crippen LogP contribution in [0.5, 0.6) is 11.5 Å². The predicted octanol–water partition coefficient (Wildman–Crippen LogP) is 3.01. The van der Waals surface area contributed by atoms with Crippen molar-refractivity contribution in [3.8, 4) is 11.5 Å². The van der Waals surface area contributed by atoms with Crippen molar-refractivity contribution >= 4 is 0 Å². The number of hydrogen-bond acceptors (Lipinski definition) is 3. The molecule has 0 bridgehead atoms. The maximum Gasteiger partial charge on any atom is 0.123 e. The molecule has 0 heterocycles. The number of aromatic hydroxyl groups is 2. The second-order valence-electron chi connectivity index (χ2n) is 5.41. The molecule has 3 atom stereocenters. The van der Waals surface area contributed by atoms with Crippen LogP contribution in [-0.2, 0) is 6.54 Å². The molecule has 3 unspecified atom stereocenters. The Hall–Kier alpha value is -1.22. The molecular weight excluding hydrogens is 226 g/mol. The first-order valence-corrected chi connectivity index (χ1v) is 6.86. The fraction of sp³-hybridized carbons (Fsp3) is 0.600. The van der Waals surface area contributed by atoms with Gasteiger partial charge in [0.05, 0.1) is 0 Å². The third-order valence-corrected chi connectivity index (χ3v) is 4.37. The Balaban J connectivity index is 1.92. The molecule has 1 aromatic rings. The molecule has 0 spiro atoms. The molecule has 1 aliphatic rings. The minimum atomic E-state index is 0.108. The monoisotopic (exact) mass is 249 g/mol. The molecule has 3 heteroatoms. The van der Waals surface area contributed by atoms with Gasteiger partial charge in [-0.15, -0.1) is 0 Å². The van der Waals surface area contributed by atoms with Crippen LogP contribution in [0.4, 0.5) is 0 Å². The number of hydrogen-bond donors (Lipinski definition) is 3. The minimum absolute atomic E-state index is 0.108. The van der Waals surface area contributed by atoms with E-state index in [-0.39, 0.29) is 11.5 Å². The van der Waals surface area contributed by atoms with E-state index in [4.69, 9.17) is 0 Å². The molecule has 1 fully saturated rings. The molecule has 0 amide bonds. The third kappa shape index (κ3) is 2.78. The summed E-state index contributed by atoms with van der Waals surface area (Å²) in [4.78, 5) is 0. The summed E-state index contributed by atoms with van der Waals surface area (Å²) < 4.78 is 0. The molecule has 2 rings (SSSR count). The SMILES string of the molecule is CCC1CCC(NCc2ccc(O)cc2O)C1C. The van der Waals surface area contributed by atoms with E-state index in [1.807, 2.05) is 0 Å². The van der Waals surface area contributed by atoms with Crippen LogP contribution in [0.15, 0.2) is 18.2 Å². The highest BCUT2D eigenvalue weighted by atomic mass is 16.3. The van der Waals surface area contributed by atoms with Crippen LogP contribution in [-0.4, -0.2) is 16.3 Å². The molecule has 3 nitrogen and oxygen atoms in total. The van der Waals surface area contributed by atoms with E-state index in [1.165, 1.54) is 25.3 Å². The number of phenolic OH excluding ortho intramolecular Hbond substituents is 2. The van der Waals surface area contributed by atoms with Crippen LogP contribution < -0.4 is 5.32 Å². The molecule has 1 saturated carbocycles. The summed E-state index contributed by atoms with van der Waals surface area (Å²) in [5, 5.41) is 22.5. The minimum Gasteiger partial charge on any atom is -0.508 e. The zero-order chi connectivity index (χ0) is 13.1. The Labute approximate surface area is 109 Å². The quantitative estimate of drug-likeness (QED) is 0.769. The Morgan fingerprint density at radius 3 is 2.67 bits per heavy atom. The molecule has 0 radical (unpaired) electrons. The summed E-state index contributed by atoms with van der Waals surface area (Å²) in [6.45, 7) is 5.24. The van der Waals surface area contributed by atoms with E-state index in [1.54, 1.807) is 12.1 Å². The Morgan fingerprint density at radius 2 is 2.06 bits per heavy atom. The van der Waals surface area contributed by atoms with Crippen LogP contribution in [0.2, 0.25) is 0 Å². The highest BCUT2D eigenvalue weighted by Gasteiger charge is 2.30. The molecule has 100 valence electrons. The molecule has 0 aliphatic heterocycles. The number of rotatable bonds is 4. The lowest BCUT2D eigenvalue weighted by Crippen LogP contribution is -2.32. The lowest BCUT2D eigenvalue weighted by Gasteiger charge is -2.21. The predicted molar refractivity (Wildman–Crippen MR) is 72.6 cm³/mol. The summed E-state index contributed by atoms with van der Waals surface area (Å²) in [6.07, 6.45) is 3.78. The van der Waals surface area contributed by atoms with Crippen molar-refractivity contribution in [1.82, 2.24) is 5.32 Å². The zero-order valence-electron chi connectivity index (χ0n) is 11.2. The first-order valence-electron chi connectivity index (χ1n) is 6.86. The second kappa shape index (κ2) is 5.61. The highest BCUT2D eigenvalue weighted by molar-refractivity contribution is 5.38. The Morgan fingerprint density at radius 1 is 1.28 bits per heavy atom. The van der Waals surface area contributed by atoms with Crippen molar-refractivity contribution in [2.75, 3.05) is 0 Å². The third-order valence-electron chi connectivity index (χ3n) is 4.37. The van der Waals surface area contributed by atoms with E-state index in [0.717, 1.165) is 11.5 Å². The van der Waals surface area contributed by atoms with Crippen molar-refractivity contribution < 1.29 is 10.2 Å². The molecular formula is C15H23NO2. The average molecular weight is 249 g/mol. The van der Waals surface area contributed by atoms with Gasteiger partial charge in [-0.05, 0) is 30.7 Å². The van der Waals surface area contributed by atoms with Crippen LogP contribution in [0, 0.1) is 11.8 Å². The largest absolute Gasteiger partial charge is 0.508 e. The normalized spacial score (nSPS) is 27.6. The number of nitrogens with one attached hydrogen (secondary N) is 1. The fourth-order valence-electron chi connectivity index (χ4n) is 3.05. The van der Waals surface area contributed by atoms with Crippen LogP contribution in [0.1, 0.15) is 38.7 Å². The average Bonchev–Trinajstić information content (AvgIpc) is 2.69. The Bertz CT molecular complexity index is 405. The van der Waals surface area contributed by atoms with Gasteiger partial charge in [0.25, 0.3) is 0 Å². The van der Waals surface area contributed by atoms with Gasteiger partial charge in [-0.1, -0.05) is 26.3 Å². The van der Waals surface area contributed by atoms with Gasteiger partial charge in [-0.25, -0.2) is 0 Å². The van der Waals surface area contributed by atoms with Gasteiger partial charge in [0.1, 0.15) is 11.5 Å². The van der Waals surface area contributed by atoms with Crippen LogP contribution >= 0.6 is 0 Å². The van der Waals surface area contributed by atoms with Crippen molar-refractivity contribution in [2.24, 2.45) is 11.8 Å². The van der Waals surface area contributed by atoms with Gasteiger partial charge < -0.3 is 15.5 Å². The lowest BCUT2D eigenvalue weighted by molar-refractivity contribution is 0.342. The van der Waals surface area contributed by atoms with Gasteiger partial charge >= 0.3 is 0 Å². The van der Waals surface area contributed by atoms with Gasteiger partial charge in [0.15, 0.2) is 0 Å². The van der Waals surface area contributed by atoms with E-state index < -0.39 is 0 Å². The summed E-state index contributed by atoms with van der Waals surface area (Å²) in [5.41, 5.74) is 0.847. The van der Waals surface area contributed by atoms with Gasteiger partial charge in [-0.3, -0.25) is 0 Å². The smallest absolute Gasteiger partial charge is 0.123 e. The van der Waals surface area contributed by atoms with E-state index >= 15 is 0 Å². The zero-order valence-corrected chi connectivity index (χ0v) is 11.2. The maximum atomic E-state index is 9.73. The highest BCUT2D eigenvalue weighted by Crippen LogP contribution is 2.34. The topological polar surface area (TPSA) is 52.5 Å². The first kappa shape index (κ1) is 13.2. The van der Waals surface area contributed by atoms with Crippen molar-refractivity contribution in [3.05, 3.63) is 23.8 Å². The molecule has 0 aromatic heterocycles. The lowest BCUT2D eigenvalue weighted by atomic mass is 9.93. The summed E-state index contributed by atoms with van der Waals surface area (Å²) in [6, 6.07) is 5.32. The van der Waals surface area contributed by atoms with Crippen molar-refractivity contribution in [2.45, 2.75) is 45.7 Å². The molecule has 3 N–H and O–H groups in total. The van der Waals surface area contributed by atoms with Gasteiger partial charge in [0.2, 0.25) is 0 Å². The van der Waals surface area contributed by atoms with Crippen LogP contribution in [0.3, 0.4) is 0 Å². The molecule has 0 saturated heterocycles. The van der Waals surface area contributed by atoms with Crippen molar-refractivity contribution in [1.29, 1.82) is 0 Å². The van der Waals surface area contributed by atoms with Crippen molar-refractivity contribution in [3.63, 3.8) is 0 Å². The molecule has 1 aromatic carbocycles. The fourth-order valence-corrected chi connectivity index (χ4v) is 3.05. The van der Waals surface area contributed by atoms with E-state index in [2.05, 4.69) is 19.2 Å². The Kier molecular flexibility index (Phi) is 4.12. The standard InChI is InChI=1S/C15H23NO2/c1-3-11-5-7-14(10(11)2)16-9-12-4-6-13(17)8-15(12)18/h4,6,8,10-11,14,16-18H,3,5,7,9H2,1-2H3. The summed E-state index contributed by atoms with van der Waals surface area (Å²) >= 11 is 0. The maximum absolute atomic E-state index is 9.73. The van der Waals surface area contributed by atoms with Gasteiger partial charge in [0, 0.05) is 24.2 Å². The first-order chi connectivity index (χ1) is 8.61. The summed E-state index contributed by atoms with van der Waals surface area (Å²) in [5.74, 6) is 1.81. The number of phenols is 2. The van der Waals surface area contributed by atoms with Gasteiger partial charge in [-0.2, -0.15) is 0 Å². The second-order valence-corrected chi connectivity index (χ2v) is 5.41. The molecule has 18 heavy (non-hydrogen) atoms. The van der Waals surface area contributed by atoms with Crippen LogP contribution in [0.25, 0.3) is 0 Å². The molecule has 1 aliphatic carbocycles. The summed E-state index contributed by atoms with van der Waals surface area (Å²) in [7, 11) is 0. The van der Waals surface area contributed by atoms with E-state index in [9.17, 15) is 10.2 Å². The number of benzene rings is 1.